The lowest BCUT2D eigenvalue weighted by molar-refractivity contribution is -0.113. The van der Waals surface area contributed by atoms with Gasteiger partial charge in [-0.1, -0.05) is 47.1 Å². The lowest BCUT2D eigenvalue weighted by Gasteiger charge is -2.09. The van der Waals surface area contributed by atoms with E-state index >= 15 is 0 Å². The van der Waals surface area contributed by atoms with E-state index in [1.54, 1.807) is 37.3 Å². The van der Waals surface area contributed by atoms with Crippen LogP contribution in [0.5, 0.6) is 0 Å². The van der Waals surface area contributed by atoms with Gasteiger partial charge >= 0.3 is 0 Å². The van der Waals surface area contributed by atoms with Crippen molar-refractivity contribution in [3.05, 3.63) is 74.7 Å². The molecule has 31 heavy (non-hydrogen) atoms. The van der Waals surface area contributed by atoms with Crippen LogP contribution in [0.2, 0.25) is 5.02 Å². The summed E-state index contributed by atoms with van der Waals surface area (Å²) in [5.74, 6) is -0.350. The van der Waals surface area contributed by atoms with Gasteiger partial charge in [-0.3, -0.25) is 9.59 Å². The highest BCUT2D eigenvalue weighted by molar-refractivity contribution is 7.99. The number of thioether (sulfide) groups is 1. The minimum absolute atomic E-state index is 0.0302. The van der Waals surface area contributed by atoms with E-state index in [4.69, 9.17) is 11.6 Å². The highest BCUT2D eigenvalue weighted by atomic mass is 35.5. The second-order valence-corrected chi connectivity index (χ2v) is 10.2. The maximum absolute atomic E-state index is 12.9. The Labute approximate surface area is 189 Å². The number of carbonyl (C=O) groups excluding carboxylic acids is 1. The van der Waals surface area contributed by atoms with Gasteiger partial charge < -0.3 is 10.3 Å². The van der Waals surface area contributed by atoms with Crippen molar-refractivity contribution in [1.29, 1.82) is 0 Å². The van der Waals surface area contributed by atoms with E-state index in [1.807, 2.05) is 13.8 Å². The summed E-state index contributed by atoms with van der Waals surface area (Å²) in [4.78, 5) is 30.7. The number of rotatable bonds is 6. The van der Waals surface area contributed by atoms with E-state index in [9.17, 15) is 18.0 Å². The number of aromatic amines is 1. The molecule has 0 saturated carbocycles. The van der Waals surface area contributed by atoms with Crippen LogP contribution in [0.1, 0.15) is 16.7 Å². The first-order valence-corrected chi connectivity index (χ1v) is 12.0. The highest BCUT2D eigenvalue weighted by Crippen LogP contribution is 2.23. The van der Waals surface area contributed by atoms with Crippen LogP contribution in [0.15, 0.2) is 62.3 Å². The van der Waals surface area contributed by atoms with Crippen molar-refractivity contribution in [3.63, 3.8) is 0 Å². The normalized spacial score (nSPS) is 11.4. The number of halogens is 1. The summed E-state index contributed by atoms with van der Waals surface area (Å²) in [7, 11) is -4.02. The molecule has 2 aromatic carbocycles. The molecule has 0 saturated heterocycles. The number of nitrogens with zero attached hydrogens (tertiary/aromatic N) is 1. The van der Waals surface area contributed by atoms with Crippen LogP contribution in [0.25, 0.3) is 0 Å². The number of H-pyrrole nitrogens is 1. The predicted molar refractivity (Wildman–Crippen MR) is 122 cm³/mol. The Morgan fingerprint density at radius 3 is 2.48 bits per heavy atom. The van der Waals surface area contributed by atoms with Gasteiger partial charge in [0.15, 0.2) is 10.1 Å². The Hall–Kier alpha value is -2.62. The minimum atomic E-state index is -4.02. The van der Waals surface area contributed by atoms with Crippen molar-refractivity contribution in [2.45, 2.75) is 35.7 Å². The van der Waals surface area contributed by atoms with Gasteiger partial charge in [0.25, 0.3) is 5.56 Å². The summed E-state index contributed by atoms with van der Waals surface area (Å²) in [5.41, 5.74) is 2.12. The Morgan fingerprint density at radius 1 is 1.10 bits per heavy atom. The molecule has 0 bridgehead atoms. The molecule has 0 spiro atoms. The van der Waals surface area contributed by atoms with E-state index in [1.165, 1.54) is 6.07 Å². The van der Waals surface area contributed by atoms with Crippen LogP contribution < -0.4 is 10.9 Å². The zero-order chi connectivity index (χ0) is 22.8. The second kappa shape index (κ2) is 9.25. The summed E-state index contributed by atoms with van der Waals surface area (Å²) < 4.78 is 25.8. The fourth-order valence-electron chi connectivity index (χ4n) is 2.85. The molecule has 1 aromatic heterocycles. The van der Waals surface area contributed by atoms with Crippen molar-refractivity contribution in [1.82, 2.24) is 9.97 Å². The number of sulfone groups is 1. The van der Waals surface area contributed by atoms with E-state index in [0.717, 1.165) is 29.1 Å². The van der Waals surface area contributed by atoms with Gasteiger partial charge in [-0.25, -0.2) is 13.4 Å². The summed E-state index contributed by atoms with van der Waals surface area (Å²) in [6.07, 6.45) is 1.02. The molecule has 0 aliphatic rings. The van der Waals surface area contributed by atoms with Crippen molar-refractivity contribution in [2.75, 3.05) is 11.1 Å². The molecule has 1 amide bonds. The average molecular weight is 478 g/mol. The molecule has 7 nitrogen and oxygen atoms in total. The number of hydrogen-bond acceptors (Lipinski definition) is 6. The van der Waals surface area contributed by atoms with Gasteiger partial charge in [0.2, 0.25) is 15.7 Å². The molecule has 2 N–H and O–H groups in total. The average Bonchev–Trinajstić information content (AvgIpc) is 2.69. The van der Waals surface area contributed by atoms with Crippen molar-refractivity contribution < 1.29 is 13.2 Å². The van der Waals surface area contributed by atoms with Gasteiger partial charge in [0, 0.05) is 10.7 Å². The second-order valence-electron chi connectivity index (χ2n) is 6.95. The maximum atomic E-state index is 12.9. The summed E-state index contributed by atoms with van der Waals surface area (Å²) in [6.45, 7) is 5.38. The van der Waals surface area contributed by atoms with Gasteiger partial charge in [-0.2, -0.15) is 0 Å². The number of benzene rings is 2. The lowest BCUT2D eigenvalue weighted by atomic mass is 10.2. The smallest absolute Gasteiger partial charge is 0.270 e. The Kier molecular flexibility index (Phi) is 6.88. The number of carbonyl (C=O) groups is 1. The third-order valence-corrected chi connectivity index (χ3v) is 7.65. The third kappa shape index (κ3) is 5.36. The standard InChI is InChI=1S/C21H20ClN3O4S2/c1-12-4-7-17(14(3)8-12)31(28,29)18-10-23-21(25-20(18)27)30-11-19(26)24-15-6-5-13(2)16(22)9-15/h4-10H,11H2,1-3H3,(H,24,26)(H,23,25,27). The summed E-state index contributed by atoms with van der Waals surface area (Å²) in [5, 5.41) is 3.38. The molecule has 0 aliphatic heterocycles. The number of nitrogens with one attached hydrogen (secondary N) is 2. The van der Waals surface area contributed by atoms with Crippen LogP contribution in [-0.4, -0.2) is 30.0 Å². The highest BCUT2D eigenvalue weighted by Gasteiger charge is 2.24. The largest absolute Gasteiger partial charge is 0.325 e. The van der Waals surface area contributed by atoms with Crippen LogP contribution >= 0.6 is 23.4 Å². The number of anilines is 1. The number of aryl methyl sites for hydroxylation is 3. The molecule has 3 aromatic rings. The minimum Gasteiger partial charge on any atom is -0.325 e. The Balaban J connectivity index is 1.72. The molecular weight excluding hydrogens is 458 g/mol. The summed E-state index contributed by atoms with van der Waals surface area (Å²) in [6, 6.07) is 10.1. The molecule has 0 unspecified atom stereocenters. The zero-order valence-electron chi connectivity index (χ0n) is 17.0. The molecule has 10 heteroatoms. The first-order valence-electron chi connectivity index (χ1n) is 9.18. The molecular formula is C21H20ClN3O4S2. The number of aromatic nitrogens is 2. The molecule has 0 aliphatic carbocycles. The van der Waals surface area contributed by atoms with E-state index < -0.39 is 20.3 Å². The lowest BCUT2D eigenvalue weighted by Crippen LogP contribution is -2.20. The molecule has 0 fully saturated rings. The molecule has 3 rings (SSSR count). The fraction of sp³-hybridized carbons (Fsp3) is 0.190. The van der Waals surface area contributed by atoms with Crippen molar-refractivity contribution in [3.8, 4) is 0 Å². The van der Waals surface area contributed by atoms with Crippen LogP contribution in [0, 0.1) is 20.8 Å². The quantitative estimate of drug-likeness (QED) is 0.411. The molecule has 0 atom stereocenters. The third-order valence-electron chi connectivity index (χ3n) is 4.45. The van der Waals surface area contributed by atoms with Crippen LogP contribution in [0.3, 0.4) is 0 Å². The summed E-state index contributed by atoms with van der Waals surface area (Å²) >= 11 is 7.03. The van der Waals surface area contributed by atoms with Gasteiger partial charge in [-0.05, 0) is 50.1 Å². The molecule has 162 valence electrons. The van der Waals surface area contributed by atoms with Gasteiger partial charge in [-0.15, -0.1) is 0 Å². The Morgan fingerprint density at radius 2 is 1.84 bits per heavy atom. The van der Waals surface area contributed by atoms with Crippen LogP contribution in [0.4, 0.5) is 5.69 Å². The van der Waals surface area contributed by atoms with E-state index in [-0.39, 0.29) is 21.7 Å². The predicted octanol–water partition coefficient (Wildman–Crippen LogP) is 3.91. The van der Waals surface area contributed by atoms with Crippen LogP contribution in [-0.2, 0) is 14.6 Å². The Bertz CT molecular complexity index is 1320. The van der Waals surface area contributed by atoms with Crippen molar-refractivity contribution >= 4 is 44.8 Å². The number of amides is 1. The topological polar surface area (TPSA) is 109 Å². The zero-order valence-corrected chi connectivity index (χ0v) is 19.4. The monoisotopic (exact) mass is 477 g/mol. The molecule has 1 heterocycles. The maximum Gasteiger partial charge on any atom is 0.270 e. The SMILES string of the molecule is Cc1ccc(S(=O)(=O)c2cnc(SCC(=O)Nc3ccc(C)c(Cl)c3)[nH]c2=O)c(C)c1. The van der Waals surface area contributed by atoms with E-state index in [2.05, 4.69) is 15.3 Å². The fourth-order valence-corrected chi connectivity index (χ4v) is 5.12. The van der Waals surface area contributed by atoms with E-state index in [0.29, 0.717) is 16.3 Å². The van der Waals surface area contributed by atoms with Gasteiger partial charge in [0.1, 0.15) is 0 Å². The first kappa shape index (κ1) is 23.1. The van der Waals surface area contributed by atoms with Crippen molar-refractivity contribution in [2.24, 2.45) is 0 Å². The van der Waals surface area contributed by atoms with Gasteiger partial charge in [0.05, 0.1) is 16.8 Å². The molecule has 0 radical (unpaired) electrons. The first-order chi connectivity index (χ1) is 14.6. The number of hydrogen-bond donors (Lipinski definition) is 2.